The monoisotopic (exact) mass is 268 g/mol. The van der Waals surface area contributed by atoms with Gasteiger partial charge in [0.25, 0.3) is 0 Å². The summed E-state index contributed by atoms with van der Waals surface area (Å²) in [5.41, 5.74) is 6.08. The Morgan fingerprint density at radius 2 is 2.22 bits per heavy atom. The Morgan fingerprint density at radius 3 is 2.72 bits per heavy atom. The first-order chi connectivity index (χ1) is 8.47. The zero-order valence-electron chi connectivity index (χ0n) is 10.5. The van der Waals surface area contributed by atoms with Gasteiger partial charge in [-0.1, -0.05) is 31.6 Å². The van der Waals surface area contributed by atoms with Crippen LogP contribution in [0, 0.1) is 11.7 Å². The molecule has 0 aliphatic rings. The second-order valence-electron chi connectivity index (χ2n) is 4.12. The van der Waals surface area contributed by atoms with E-state index in [4.69, 9.17) is 18.0 Å². The third-order valence-electron chi connectivity index (χ3n) is 2.74. The average Bonchev–Trinajstić information content (AvgIpc) is 2.33. The number of anilines is 1. The minimum Gasteiger partial charge on any atom is -0.393 e. The maximum atomic E-state index is 13.1. The van der Waals surface area contributed by atoms with E-state index in [0.717, 1.165) is 6.42 Å². The van der Waals surface area contributed by atoms with E-state index in [9.17, 15) is 9.18 Å². The molecular weight excluding hydrogens is 251 g/mol. The molecule has 5 heteroatoms. The van der Waals surface area contributed by atoms with E-state index in [1.54, 1.807) is 19.2 Å². The summed E-state index contributed by atoms with van der Waals surface area (Å²) in [5.74, 6) is -1.07. The van der Waals surface area contributed by atoms with E-state index in [2.05, 4.69) is 0 Å². The quantitative estimate of drug-likeness (QED) is 0.835. The van der Waals surface area contributed by atoms with Crippen molar-refractivity contribution in [1.29, 1.82) is 0 Å². The summed E-state index contributed by atoms with van der Waals surface area (Å²) < 4.78 is 13.1. The van der Waals surface area contributed by atoms with Crippen molar-refractivity contribution in [3.63, 3.8) is 0 Å². The predicted octanol–water partition coefficient (Wildman–Crippen LogP) is 2.49. The third-order valence-corrected chi connectivity index (χ3v) is 3.03. The van der Waals surface area contributed by atoms with Crippen LogP contribution in [-0.4, -0.2) is 17.9 Å². The van der Waals surface area contributed by atoms with Gasteiger partial charge in [0.05, 0.1) is 10.9 Å². The summed E-state index contributed by atoms with van der Waals surface area (Å²) >= 11 is 4.91. The third kappa shape index (κ3) is 3.50. The number of carbonyl (C=O) groups is 1. The van der Waals surface area contributed by atoms with Crippen molar-refractivity contribution >= 4 is 28.8 Å². The normalized spacial score (nSPS) is 11.9. The molecule has 1 amide bonds. The molecule has 1 rings (SSSR count). The molecule has 0 saturated carbocycles. The molecule has 0 spiro atoms. The van der Waals surface area contributed by atoms with Gasteiger partial charge in [-0.05, 0) is 24.6 Å². The molecule has 0 radical (unpaired) electrons. The standard InChI is InChI=1S/C13H17FN2OS/c1-3-5-11(12(15)18)13(17)16(2)10-7-4-6-9(14)8-10/h4,6-8,11H,3,5H2,1-2H3,(H2,15,18). The van der Waals surface area contributed by atoms with Crippen LogP contribution in [0.3, 0.4) is 0 Å². The highest BCUT2D eigenvalue weighted by Crippen LogP contribution is 2.18. The Labute approximate surface area is 112 Å². The summed E-state index contributed by atoms with van der Waals surface area (Å²) in [6, 6.07) is 5.87. The van der Waals surface area contributed by atoms with E-state index >= 15 is 0 Å². The number of nitrogens with two attached hydrogens (primary N) is 1. The Kier molecular flexibility index (Phi) is 5.22. The first-order valence-corrected chi connectivity index (χ1v) is 6.20. The number of benzene rings is 1. The number of rotatable bonds is 5. The molecule has 1 aromatic carbocycles. The lowest BCUT2D eigenvalue weighted by Crippen LogP contribution is -2.39. The fourth-order valence-electron chi connectivity index (χ4n) is 1.72. The van der Waals surface area contributed by atoms with Crippen LogP contribution in [0.1, 0.15) is 19.8 Å². The Bertz CT molecular complexity index is 450. The van der Waals surface area contributed by atoms with Crippen LogP contribution >= 0.6 is 12.2 Å². The molecule has 98 valence electrons. The molecule has 1 unspecified atom stereocenters. The molecule has 0 aliphatic carbocycles. The van der Waals surface area contributed by atoms with Crippen molar-refractivity contribution in [2.45, 2.75) is 19.8 Å². The van der Waals surface area contributed by atoms with Crippen LogP contribution in [-0.2, 0) is 4.79 Å². The van der Waals surface area contributed by atoms with Crippen LogP contribution < -0.4 is 10.6 Å². The van der Waals surface area contributed by atoms with Crippen molar-refractivity contribution in [2.24, 2.45) is 11.7 Å². The van der Waals surface area contributed by atoms with Crippen LogP contribution in [0.5, 0.6) is 0 Å². The van der Waals surface area contributed by atoms with Gasteiger partial charge < -0.3 is 10.6 Å². The van der Waals surface area contributed by atoms with Gasteiger partial charge in [0, 0.05) is 12.7 Å². The predicted molar refractivity (Wildman–Crippen MR) is 75.0 cm³/mol. The Balaban J connectivity index is 2.91. The SMILES string of the molecule is CCCC(C(=O)N(C)c1cccc(F)c1)C(N)=S. The molecule has 1 aromatic rings. The van der Waals surface area contributed by atoms with Gasteiger partial charge in [0.2, 0.25) is 5.91 Å². The van der Waals surface area contributed by atoms with Crippen LogP contribution in [0.15, 0.2) is 24.3 Å². The number of thiocarbonyl (C=S) groups is 1. The Hall–Kier alpha value is -1.49. The Morgan fingerprint density at radius 1 is 1.56 bits per heavy atom. The zero-order valence-corrected chi connectivity index (χ0v) is 11.3. The van der Waals surface area contributed by atoms with Gasteiger partial charge >= 0.3 is 0 Å². The van der Waals surface area contributed by atoms with Gasteiger partial charge in [-0.25, -0.2) is 4.39 Å². The number of halogens is 1. The number of carbonyl (C=O) groups excluding carboxylic acids is 1. The number of amides is 1. The lowest BCUT2D eigenvalue weighted by Gasteiger charge is -2.23. The van der Waals surface area contributed by atoms with Crippen molar-refractivity contribution in [2.75, 3.05) is 11.9 Å². The first-order valence-electron chi connectivity index (χ1n) is 5.79. The van der Waals surface area contributed by atoms with Crippen molar-refractivity contribution in [1.82, 2.24) is 0 Å². The van der Waals surface area contributed by atoms with E-state index in [1.165, 1.54) is 17.0 Å². The molecular formula is C13H17FN2OS. The number of nitrogens with zero attached hydrogens (tertiary/aromatic N) is 1. The van der Waals surface area contributed by atoms with Gasteiger partial charge in [0.1, 0.15) is 5.82 Å². The highest BCUT2D eigenvalue weighted by molar-refractivity contribution is 7.80. The average molecular weight is 268 g/mol. The van der Waals surface area contributed by atoms with Gasteiger partial charge in [0.15, 0.2) is 0 Å². The summed E-state index contributed by atoms with van der Waals surface area (Å²) in [5, 5.41) is 0. The topological polar surface area (TPSA) is 46.3 Å². The van der Waals surface area contributed by atoms with Crippen LogP contribution in [0.25, 0.3) is 0 Å². The first kappa shape index (κ1) is 14.6. The smallest absolute Gasteiger partial charge is 0.236 e. The van der Waals surface area contributed by atoms with Gasteiger partial charge in [-0.2, -0.15) is 0 Å². The van der Waals surface area contributed by atoms with Crippen molar-refractivity contribution < 1.29 is 9.18 Å². The highest BCUT2D eigenvalue weighted by atomic mass is 32.1. The lowest BCUT2D eigenvalue weighted by atomic mass is 10.0. The van der Waals surface area contributed by atoms with Crippen molar-refractivity contribution in [3.8, 4) is 0 Å². The van der Waals surface area contributed by atoms with Gasteiger partial charge in [-0.15, -0.1) is 0 Å². The van der Waals surface area contributed by atoms with E-state index in [0.29, 0.717) is 12.1 Å². The molecule has 0 bridgehead atoms. The maximum absolute atomic E-state index is 13.1. The summed E-state index contributed by atoms with van der Waals surface area (Å²) in [6.45, 7) is 1.96. The van der Waals surface area contributed by atoms with Crippen molar-refractivity contribution in [3.05, 3.63) is 30.1 Å². The molecule has 18 heavy (non-hydrogen) atoms. The highest BCUT2D eigenvalue weighted by Gasteiger charge is 2.24. The fourth-order valence-corrected chi connectivity index (χ4v) is 1.94. The minimum atomic E-state index is -0.488. The number of hydrogen-bond acceptors (Lipinski definition) is 2. The fraction of sp³-hybridized carbons (Fsp3) is 0.385. The summed E-state index contributed by atoms with van der Waals surface area (Å²) in [7, 11) is 1.60. The van der Waals surface area contributed by atoms with E-state index < -0.39 is 5.92 Å². The van der Waals surface area contributed by atoms with Crippen LogP contribution in [0.2, 0.25) is 0 Å². The van der Waals surface area contributed by atoms with E-state index in [-0.39, 0.29) is 16.7 Å². The molecule has 0 fully saturated rings. The molecule has 3 nitrogen and oxygen atoms in total. The maximum Gasteiger partial charge on any atom is 0.236 e. The second-order valence-corrected chi connectivity index (χ2v) is 4.59. The van der Waals surface area contributed by atoms with Crippen LogP contribution in [0.4, 0.5) is 10.1 Å². The van der Waals surface area contributed by atoms with E-state index in [1.807, 2.05) is 6.92 Å². The molecule has 0 saturated heterocycles. The zero-order chi connectivity index (χ0) is 13.7. The molecule has 0 aromatic heterocycles. The summed E-state index contributed by atoms with van der Waals surface area (Å²) in [4.78, 5) is 13.8. The number of hydrogen-bond donors (Lipinski definition) is 1. The molecule has 0 aliphatic heterocycles. The lowest BCUT2D eigenvalue weighted by molar-refractivity contribution is -0.120. The molecule has 2 N–H and O–H groups in total. The largest absolute Gasteiger partial charge is 0.393 e. The van der Waals surface area contributed by atoms with Gasteiger partial charge in [-0.3, -0.25) is 4.79 Å². The molecule has 1 atom stereocenters. The summed E-state index contributed by atoms with van der Waals surface area (Å²) in [6.07, 6.45) is 1.42. The minimum absolute atomic E-state index is 0.185. The molecule has 0 heterocycles. The second kappa shape index (κ2) is 6.44.